The van der Waals surface area contributed by atoms with Crippen molar-refractivity contribution in [3.8, 4) is 0 Å². The van der Waals surface area contributed by atoms with Crippen LogP contribution in [0.4, 0.5) is 0 Å². The largest absolute Gasteiger partial charge is 0.302 e. The van der Waals surface area contributed by atoms with Crippen LogP contribution in [-0.4, -0.2) is 54.9 Å². The van der Waals surface area contributed by atoms with E-state index < -0.39 is 0 Å². The Kier molecular flexibility index (Phi) is 5.79. The fourth-order valence-corrected chi connectivity index (χ4v) is 3.48. The molecule has 1 fully saturated rings. The molecule has 0 aliphatic carbocycles. The molecule has 0 bridgehead atoms. The highest BCUT2D eigenvalue weighted by molar-refractivity contribution is 5.78. The molecule has 2 heterocycles. The fraction of sp³-hybridized carbons (Fsp3) is 0.824. The van der Waals surface area contributed by atoms with E-state index in [1.165, 1.54) is 37.9 Å². The second-order valence-corrected chi connectivity index (χ2v) is 6.75. The van der Waals surface area contributed by atoms with Crippen LogP contribution in [0.25, 0.3) is 0 Å². The number of likely N-dealkylation sites (N-methyl/N-ethyl adjacent to an activating group) is 1. The quantitative estimate of drug-likeness (QED) is 0.742. The first-order valence-corrected chi connectivity index (χ1v) is 8.15. The molecule has 0 radical (unpaired) electrons. The van der Waals surface area contributed by atoms with E-state index in [2.05, 4.69) is 29.8 Å². The molecule has 0 spiro atoms. The minimum atomic E-state index is 0.181. The number of ketones is 1. The van der Waals surface area contributed by atoms with Gasteiger partial charge in [0, 0.05) is 25.0 Å². The van der Waals surface area contributed by atoms with Crippen LogP contribution in [0.5, 0.6) is 0 Å². The number of hydrogen-bond donors (Lipinski definition) is 0. The monoisotopic (exact) mass is 278 g/mol. The molecular weight excluding hydrogens is 248 g/mol. The highest BCUT2D eigenvalue weighted by atomic mass is 16.1. The normalized spacial score (nSPS) is 33.0. The molecule has 0 aromatic rings. The zero-order chi connectivity index (χ0) is 14.5. The van der Waals surface area contributed by atoms with Gasteiger partial charge in [0.15, 0.2) is 0 Å². The van der Waals surface area contributed by atoms with Crippen LogP contribution < -0.4 is 0 Å². The number of Topliss-reactive ketones (excluding diaryl/α,β-unsaturated/α-hetero) is 1. The number of carbonyl (C=O) groups is 1. The van der Waals surface area contributed by atoms with E-state index in [1.807, 2.05) is 0 Å². The summed E-state index contributed by atoms with van der Waals surface area (Å²) >= 11 is 0. The summed E-state index contributed by atoms with van der Waals surface area (Å²) in [5.41, 5.74) is 1.39. The van der Waals surface area contributed by atoms with Crippen molar-refractivity contribution >= 4 is 5.78 Å². The van der Waals surface area contributed by atoms with Gasteiger partial charge in [0.25, 0.3) is 0 Å². The van der Waals surface area contributed by atoms with Crippen LogP contribution in [0.3, 0.4) is 0 Å². The first-order valence-electron chi connectivity index (χ1n) is 8.15. The van der Waals surface area contributed by atoms with Crippen LogP contribution >= 0.6 is 0 Å². The third-order valence-corrected chi connectivity index (χ3v) is 4.93. The van der Waals surface area contributed by atoms with E-state index >= 15 is 0 Å². The average molecular weight is 278 g/mol. The minimum absolute atomic E-state index is 0.181. The SMILES string of the molecule is CC(=O)C1C/C(C)=C\CC(CN2CCCCC2)N(C)C1. The molecule has 2 rings (SSSR count). The molecule has 20 heavy (non-hydrogen) atoms. The topological polar surface area (TPSA) is 23.6 Å². The van der Waals surface area contributed by atoms with E-state index in [-0.39, 0.29) is 5.92 Å². The number of rotatable bonds is 3. The van der Waals surface area contributed by atoms with Crippen molar-refractivity contribution in [1.29, 1.82) is 0 Å². The summed E-state index contributed by atoms with van der Waals surface area (Å²) in [4.78, 5) is 16.8. The maximum absolute atomic E-state index is 11.8. The second kappa shape index (κ2) is 7.37. The summed E-state index contributed by atoms with van der Waals surface area (Å²) in [7, 11) is 2.19. The van der Waals surface area contributed by atoms with Gasteiger partial charge in [-0.15, -0.1) is 0 Å². The summed E-state index contributed by atoms with van der Waals surface area (Å²) in [6.07, 6.45) is 8.52. The number of allylic oxidation sites excluding steroid dienone is 1. The standard InChI is InChI=1S/C17H30N2O/c1-14-7-8-17(13-19-9-5-4-6-10-19)18(3)12-16(11-14)15(2)20/h7,16-17H,4-6,8-13H2,1-3H3/b14-7-. The lowest BCUT2D eigenvalue weighted by Gasteiger charge is -2.37. The van der Waals surface area contributed by atoms with Crippen molar-refractivity contribution in [2.75, 3.05) is 33.2 Å². The lowest BCUT2D eigenvalue weighted by atomic mass is 9.92. The lowest BCUT2D eigenvalue weighted by Crippen LogP contribution is -2.46. The molecule has 1 saturated heterocycles. The Balaban J connectivity index is 2.00. The first-order chi connectivity index (χ1) is 9.56. The van der Waals surface area contributed by atoms with E-state index in [0.29, 0.717) is 11.8 Å². The average Bonchev–Trinajstić information content (AvgIpc) is 2.42. The molecule has 0 aromatic heterocycles. The van der Waals surface area contributed by atoms with Crippen LogP contribution in [0.1, 0.15) is 46.0 Å². The van der Waals surface area contributed by atoms with Crippen molar-refractivity contribution in [3.63, 3.8) is 0 Å². The lowest BCUT2D eigenvalue weighted by molar-refractivity contribution is -0.121. The summed E-state index contributed by atoms with van der Waals surface area (Å²) in [6, 6.07) is 0.560. The molecule has 3 nitrogen and oxygen atoms in total. The maximum atomic E-state index is 11.8. The van der Waals surface area contributed by atoms with Crippen molar-refractivity contribution in [2.45, 2.75) is 52.0 Å². The predicted molar refractivity (Wildman–Crippen MR) is 83.9 cm³/mol. The Hall–Kier alpha value is -0.670. The Bertz CT molecular complexity index is 358. The molecular formula is C17H30N2O. The van der Waals surface area contributed by atoms with Gasteiger partial charge in [-0.05, 0) is 59.7 Å². The second-order valence-electron chi connectivity index (χ2n) is 6.75. The Labute approximate surface area is 124 Å². The van der Waals surface area contributed by atoms with Gasteiger partial charge in [0.1, 0.15) is 5.78 Å². The predicted octanol–water partition coefficient (Wildman–Crippen LogP) is 2.72. The molecule has 0 amide bonds. The molecule has 0 saturated carbocycles. The zero-order valence-corrected chi connectivity index (χ0v) is 13.4. The zero-order valence-electron chi connectivity index (χ0n) is 13.4. The molecule has 2 aliphatic heterocycles. The molecule has 3 heteroatoms. The minimum Gasteiger partial charge on any atom is -0.302 e. The van der Waals surface area contributed by atoms with Gasteiger partial charge < -0.3 is 9.80 Å². The molecule has 2 aliphatic rings. The summed E-state index contributed by atoms with van der Waals surface area (Å²) in [5, 5.41) is 0. The van der Waals surface area contributed by atoms with Crippen molar-refractivity contribution in [2.24, 2.45) is 5.92 Å². The van der Waals surface area contributed by atoms with Gasteiger partial charge in [-0.1, -0.05) is 18.1 Å². The van der Waals surface area contributed by atoms with Gasteiger partial charge in [-0.25, -0.2) is 0 Å². The molecule has 2 unspecified atom stereocenters. The van der Waals surface area contributed by atoms with Crippen LogP contribution in [0.2, 0.25) is 0 Å². The Morgan fingerprint density at radius 2 is 2.00 bits per heavy atom. The van der Waals surface area contributed by atoms with Crippen LogP contribution in [-0.2, 0) is 4.79 Å². The number of likely N-dealkylation sites (tertiary alicyclic amines) is 1. The number of piperidine rings is 1. The van der Waals surface area contributed by atoms with Crippen molar-refractivity contribution in [3.05, 3.63) is 11.6 Å². The van der Waals surface area contributed by atoms with Gasteiger partial charge in [0.2, 0.25) is 0 Å². The molecule has 114 valence electrons. The van der Waals surface area contributed by atoms with Gasteiger partial charge in [-0.3, -0.25) is 4.79 Å². The van der Waals surface area contributed by atoms with Gasteiger partial charge in [-0.2, -0.15) is 0 Å². The number of carbonyl (C=O) groups excluding carboxylic acids is 1. The van der Waals surface area contributed by atoms with E-state index in [1.54, 1.807) is 6.92 Å². The van der Waals surface area contributed by atoms with Crippen LogP contribution in [0, 0.1) is 5.92 Å². The first kappa shape index (κ1) is 15.7. The van der Waals surface area contributed by atoms with Gasteiger partial charge >= 0.3 is 0 Å². The number of hydrogen-bond acceptors (Lipinski definition) is 3. The molecule has 0 N–H and O–H groups in total. The maximum Gasteiger partial charge on any atom is 0.134 e. The van der Waals surface area contributed by atoms with Crippen molar-refractivity contribution in [1.82, 2.24) is 9.80 Å². The Morgan fingerprint density at radius 3 is 2.65 bits per heavy atom. The van der Waals surface area contributed by atoms with Gasteiger partial charge in [0.05, 0.1) is 0 Å². The third-order valence-electron chi connectivity index (χ3n) is 4.93. The smallest absolute Gasteiger partial charge is 0.134 e. The fourth-order valence-electron chi connectivity index (χ4n) is 3.48. The summed E-state index contributed by atoms with van der Waals surface area (Å²) in [6.45, 7) is 8.50. The summed E-state index contributed by atoms with van der Waals surface area (Å²) in [5.74, 6) is 0.517. The highest BCUT2D eigenvalue weighted by Gasteiger charge is 2.25. The Morgan fingerprint density at radius 1 is 1.30 bits per heavy atom. The molecule has 0 aromatic carbocycles. The van der Waals surface area contributed by atoms with Crippen LogP contribution in [0.15, 0.2) is 11.6 Å². The van der Waals surface area contributed by atoms with E-state index in [0.717, 1.165) is 25.9 Å². The molecule has 2 atom stereocenters. The highest BCUT2D eigenvalue weighted by Crippen LogP contribution is 2.21. The summed E-state index contributed by atoms with van der Waals surface area (Å²) < 4.78 is 0. The number of nitrogens with zero attached hydrogens (tertiary/aromatic N) is 2. The van der Waals surface area contributed by atoms with Crippen molar-refractivity contribution < 1.29 is 4.79 Å². The van der Waals surface area contributed by atoms with E-state index in [9.17, 15) is 4.79 Å². The van der Waals surface area contributed by atoms with E-state index in [4.69, 9.17) is 0 Å². The third kappa shape index (κ3) is 4.42.